The van der Waals surface area contributed by atoms with E-state index < -0.39 is 0 Å². The number of ether oxygens (including phenoxy) is 1. The molecule has 0 aliphatic heterocycles. The highest BCUT2D eigenvalue weighted by Gasteiger charge is 2.09. The standard InChI is InChI=1S/C12H18BrNOS/c1-12(2,3)15-6-7-16-11-8-9(13)4-5-10(11)14/h4-5,8H,6-7,14H2,1-3H3. The van der Waals surface area contributed by atoms with Crippen molar-refractivity contribution in [2.75, 3.05) is 18.1 Å². The number of nitrogens with two attached hydrogens (primary N) is 1. The second kappa shape index (κ2) is 5.94. The second-order valence-electron chi connectivity index (χ2n) is 4.49. The summed E-state index contributed by atoms with van der Waals surface area (Å²) >= 11 is 5.16. The van der Waals surface area contributed by atoms with Crippen molar-refractivity contribution in [3.8, 4) is 0 Å². The van der Waals surface area contributed by atoms with Gasteiger partial charge in [-0.2, -0.15) is 0 Å². The molecule has 0 aliphatic carbocycles. The third-order valence-electron chi connectivity index (χ3n) is 1.85. The quantitative estimate of drug-likeness (QED) is 0.520. The molecule has 0 amide bonds. The zero-order valence-electron chi connectivity index (χ0n) is 9.92. The van der Waals surface area contributed by atoms with Crippen molar-refractivity contribution in [3.05, 3.63) is 22.7 Å². The van der Waals surface area contributed by atoms with E-state index in [2.05, 4.69) is 36.7 Å². The lowest BCUT2D eigenvalue weighted by Crippen LogP contribution is -2.20. The molecule has 90 valence electrons. The van der Waals surface area contributed by atoms with E-state index in [-0.39, 0.29) is 5.60 Å². The van der Waals surface area contributed by atoms with E-state index in [1.807, 2.05) is 18.2 Å². The summed E-state index contributed by atoms with van der Waals surface area (Å²) in [4.78, 5) is 1.10. The molecule has 0 aliphatic rings. The number of anilines is 1. The summed E-state index contributed by atoms with van der Waals surface area (Å²) in [6.45, 7) is 6.92. The molecular formula is C12H18BrNOS. The van der Waals surface area contributed by atoms with Crippen molar-refractivity contribution in [1.29, 1.82) is 0 Å². The number of rotatable bonds is 4. The smallest absolute Gasteiger partial charge is 0.0598 e. The van der Waals surface area contributed by atoms with Gasteiger partial charge < -0.3 is 10.5 Å². The van der Waals surface area contributed by atoms with E-state index in [1.165, 1.54) is 0 Å². The van der Waals surface area contributed by atoms with Crippen LogP contribution in [0.2, 0.25) is 0 Å². The molecular weight excluding hydrogens is 286 g/mol. The third kappa shape index (κ3) is 5.23. The Balaban J connectivity index is 2.40. The van der Waals surface area contributed by atoms with Crippen molar-refractivity contribution in [2.45, 2.75) is 31.3 Å². The molecule has 0 fully saturated rings. The van der Waals surface area contributed by atoms with Crippen LogP contribution in [-0.2, 0) is 4.74 Å². The minimum atomic E-state index is -0.0661. The summed E-state index contributed by atoms with van der Waals surface area (Å²) in [7, 11) is 0. The molecule has 0 aromatic heterocycles. The molecule has 0 saturated heterocycles. The van der Waals surface area contributed by atoms with Crippen LogP contribution in [0.15, 0.2) is 27.6 Å². The lowest BCUT2D eigenvalue weighted by molar-refractivity contribution is 0.00695. The highest BCUT2D eigenvalue weighted by molar-refractivity contribution is 9.10. The zero-order chi connectivity index (χ0) is 12.2. The molecule has 4 heteroatoms. The first-order chi connectivity index (χ1) is 7.38. The Hall–Kier alpha value is -0.190. The monoisotopic (exact) mass is 303 g/mol. The molecule has 16 heavy (non-hydrogen) atoms. The van der Waals surface area contributed by atoms with Gasteiger partial charge in [0.15, 0.2) is 0 Å². The molecule has 1 aromatic carbocycles. The summed E-state index contributed by atoms with van der Waals surface area (Å²) < 4.78 is 6.70. The Kier molecular flexibility index (Phi) is 5.15. The van der Waals surface area contributed by atoms with Gasteiger partial charge in [0, 0.05) is 20.8 Å². The van der Waals surface area contributed by atoms with Crippen LogP contribution < -0.4 is 5.73 Å². The predicted octanol–water partition coefficient (Wildman–Crippen LogP) is 3.94. The van der Waals surface area contributed by atoms with Gasteiger partial charge in [0.2, 0.25) is 0 Å². The molecule has 1 rings (SSSR count). The fourth-order valence-electron chi connectivity index (χ4n) is 1.13. The van der Waals surface area contributed by atoms with Crippen molar-refractivity contribution < 1.29 is 4.74 Å². The van der Waals surface area contributed by atoms with E-state index in [4.69, 9.17) is 10.5 Å². The number of halogens is 1. The molecule has 0 bridgehead atoms. The highest BCUT2D eigenvalue weighted by Crippen LogP contribution is 2.28. The Morgan fingerprint density at radius 2 is 2.06 bits per heavy atom. The summed E-state index contributed by atoms with van der Waals surface area (Å²) in [5.41, 5.74) is 6.63. The molecule has 0 heterocycles. The van der Waals surface area contributed by atoms with E-state index >= 15 is 0 Å². The van der Waals surface area contributed by atoms with Crippen molar-refractivity contribution in [2.24, 2.45) is 0 Å². The Bertz CT molecular complexity index is 349. The highest BCUT2D eigenvalue weighted by atomic mass is 79.9. The van der Waals surface area contributed by atoms with Gasteiger partial charge >= 0.3 is 0 Å². The summed E-state index contributed by atoms with van der Waals surface area (Å²) in [5.74, 6) is 0.915. The SMILES string of the molecule is CC(C)(C)OCCSc1cc(Br)ccc1N. The molecule has 0 atom stereocenters. The summed E-state index contributed by atoms with van der Waals surface area (Å²) in [6, 6.07) is 5.90. The van der Waals surface area contributed by atoms with Crippen molar-refractivity contribution in [3.63, 3.8) is 0 Å². The van der Waals surface area contributed by atoms with E-state index in [0.717, 1.165) is 27.4 Å². The van der Waals surface area contributed by atoms with Gasteiger partial charge in [-0.3, -0.25) is 0 Å². The van der Waals surface area contributed by atoms with Gasteiger partial charge in [-0.15, -0.1) is 11.8 Å². The lowest BCUT2D eigenvalue weighted by atomic mass is 10.2. The maximum atomic E-state index is 5.87. The van der Waals surface area contributed by atoms with E-state index in [1.54, 1.807) is 11.8 Å². The minimum Gasteiger partial charge on any atom is -0.398 e. The average molecular weight is 304 g/mol. The molecule has 0 spiro atoms. The summed E-state index contributed by atoms with van der Waals surface area (Å²) in [6.07, 6.45) is 0. The first-order valence-corrected chi connectivity index (χ1v) is 6.98. The largest absolute Gasteiger partial charge is 0.398 e. The van der Waals surface area contributed by atoms with Crippen LogP contribution >= 0.6 is 27.7 Å². The van der Waals surface area contributed by atoms with E-state index in [9.17, 15) is 0 Å². The topological polar surface area (TPSA) is 35.2 Å². The number of thioether (sulfide) groups is 1. The molecule has 0 unspecified atom stereocenters. The maximum absolute atomic E-state index is 5.87. The average Bonchev–Trinajstić information content (AvgIpc) is 2.16. The lowest BCUT2D eigenvalue weighted by Gasteiger charge is -2.19. The van der Waals surface area contributed by atoms with Crippen molar-refractivity contribution in [1.82, 2.24) is 0 Å². The van der Waals surface area contributed by atoms with Gasteiger partial charge in [0.1, 0.15) is 0 Å². The van der Waals surface area contributed by atoms with Gasteiger partial charge in [-0.25, -0.2) is 0 Å². The predicted molar refractivity (Wildman–Crippen MR) is 75.0 cm³/mol. The van der Waals surface area contributed by atoms with Crippen LogP contribution in [0, 0.1) is 0 Å². The Morgan fingerprint density at radius 3 is 2.69 bits per heavy atom. The van der Waals surface area contributed by atoms with Crippen LogP contribution in [0.4, 0.5) is 5.69 Å². The van der Waals surface area contributed by atoms with Gasteiger partial charge in [0.25, 0.3) is 0 Å². The van der Waals surface area contributed by atoms with Crippen molar-refractivity contribution >= 4 is 33.4 Å². The molecule has 1 aromatic rings. The molecule has 2 N–H and O–H groups in total. The van der Waals surface area contributed by atoms with Crippen LogP contribution in [-0.4, -0.2) is 18.0 Å². The number of nitrogen functional groups attached to an aromatic ring is 1. The Morgan fingerprint density at radius 1 is 1.38 bits per heavy atom. The first-order valence-electron chi connectivity index (χ1n) is 5.20. The van der Waals surface area contributed by atoms with Gasteiger partial charge in [-0.05, 0) is 39.0 Å². The number of hydrogen-bond acceptors (Lipinski definition) is 3. The van der Waals surface area contributed by atoms with Crippen LogP contribution in [0.3, 0.4) is 0 Å². The van der Waals surface area contributed by atoms with Crippen LogP contribution in [0.5, 0.6) is 0 Å². The van der Waals surface area contributed by atoms with E-state index in [0.29, 0.717) is 0 Å². The summed E-state index contributed by atoms with van der Waals surface area (Å²) in [5, 5.41) is 0. The van der Waals surface area contributed by atoms with Crippen LogP contribution in [0.1, 0.15) is 20.8 Å². The fourth-order valence-corrected chi connectivity index (χ4v) is 2.48. The normalized spacial score (nSPS) is 11.8. The molecule has 2 nitrogen and oxygen atoms in total. The third-order valence-corrected chi connectivity index (χ3v) is 3.38. The first kappa shape index (κ1) is 13.9. The maximum Gasteiger partial charge on any atom is 0.0598 e. The van der Waals surface area contributed by atoms with Gasteiger partial charge in [-0.1, -0.05) is 15.9 Å². The second-order valence-corrected chi connectivity index (χ2v) is 6.54. The van der Waals surface area contributed by atoms with Gasteiger partial charge in [0.05, 0.1) is 12.2 Å². The fraction of sp³-hybridized carbons (Fsp3) is 0.500. The minimum absolute atomic E-state index is 0.0661. The number of benzene rings is 1. The Labute approximate surface area is 110 Å². The molecule has 0 saturated carbocycles. The zero-order valence-corrected chi connectivity index (χ0v) is 12.3. The van der Waals surface area contributed by atoms with Crippen LogP contribution in [0.25, 0.3) is 0 Å². The number of hydrogen-bond donors (Lipinski definition) is 1. The molecule has 0 radical (unpaired) electrons.